The number of hydrogen-bond donors (Lipinski definition) is 0. The zero-order valence-electron chi connectivity index (χ0n) is 11.7. The number of anilines is 1. The van der Waals surface area contributed by atoms with Gasteiger partial charge in [-0.2, -0.15) is 0 Å². The zero-order chi connectivity index (χ0) is 14.5. The van der Waals surface area contributed by atoms with Crippen LogP contribution >= 0.6 is 15.9 Å². The number of halogens is 1. The predicted molar refractivity (Wildman–Crippen MR) is 93.0 cm³/mol. The van der Waals surface area contributed by atoms with E-state index in [9.17, 15) is 0 Å². The molecular weight excluding hydrogens is 324 g/mol. The van der Waals surface area contributed by atoms with Gasteiger partial charge in [0.2, 0.25) is 0 Å². The Morgan fingerprint density at radius 1 is 0.905 bits per heavy atom. The van der Waals surface area contributed by atoms with Crippen LogP contribution in [0, 0.1) is 0 Å². The fourth-order valence-electron chi connectivity index (χ4n) is 2.52. The van der Waals surface area contributed by atoms with Gasteiger partial charge in [-0.15, -0.1) is 0 Å². The summed E-state index contributed by atoms with van der Waals surface area (Å²) >= 11 is 3.56. The molecule has 0 aliphatic heterocycles. The van der Waals surface area contributed by atoms with Crippen molar-refractivity contribution in [3.8, 4) is 0 Å². The van der Waals surface area contributed by atoms with Crippen molar-refractivity contribution in [1.82, 2.24) is 4.98 Å². The Labute approximate surface area is 133 Å². The lowest BCUT2D eigenvalue weighted by molar-refractivity contribution is 0.826. The minimum Gasteiger partial charge on any atom is -0.351 e. The van der Waals surface area contributed by atoms with Crippen molar-refractivity contribution in [2.45, 2.75) is 6.54 Å². The Hall–Kier alpha value is -1.87. The number of nitrogens with zero attached hydrogens (tertiary/aromatic N) is 2. The van der Waals surface area contributed by atoms with Crippen LogP contribution in [0.3, 0.4) is 0 Å². The molecule has 0 saturated carbocycles. The molecule has 0 N–H and O–H groups in total. The molecule has 1 aromatic heterocycles. The highest BCUT2D eigenvalue weighted by atomic mass is 79.9. The fourth-order valence-corrected chi connectivity index (χ4v) is 2.95. The van der Waals surface area contributed by atoms with Gasteiger partial charge in [0.25, 0.3) is 0 Å². The summed E-state index contributed by atoms with van der Waals surface area (Å²) in [6.07, 6.45) is 1.89. The normalized spacial score (nSPS) is 10.7. The highest BCUT2D eigenvalue weighted by Gasteiger charge is 2.11. The van der Waals surface area contributed by atoms with Gasteiger partial charge >= 0.3 is 0 Å². The molecule has 2 aromatic carbocycles. The third-order valence-electron chi connectivity index (χ3n) is 3.52. The number of alkyl halides is 1. The predicted octanol–water partition coefficient (Wildman–Crippen LogP) is 4.64. The van der Waals surface area contributed by atoms with E-state index in [2.05, 4.69) is 86.5 Å². The first kappa shape index (κ1) is 14.1. The van der Waals surface area contributed by atoms with Gasteiger partial charge < -0.3 is 4.90 Å². The van der Waals surface area contributed by atoms with Gasteiger partial charge in [0.15, 0.2) is 0 Å². The van der Waals surface area contributed by atoms with Crippen LogP contribution in [-0.4, -0.2) is 16.9 Å². The van der Waals surface area contributed by atoms with Gasteiger partial charge in [-0.25, -0.2) is 4.98 Å². The average Bonchev–Trinajstić information content (AvgIpc) is 2.55. The molecule has 0 amide bonds. The van der Waals surface area contributed by atoms with E-state index in [4.69, 9.17) is 0 Å². The van der Waals surface area contributed by atoms with Crippen LogP contribution < -0.4 is 4.90 Å². The monoisotopic (exact) mass is 340 g/mol. The Morgan fingerprint density at radius 3 is 2.48 bits per heavy atom. The van der Waals surface area contributed by atoms with Crippen LogP contribution in [0.5, 0.6) is 0 Å². The van der Waals surface area contributed by atoms with Gasteiger partial charge in [-0.05, 0) is 17.0 Å². The van der Waals surface area contributed by atoms with Crippen LogP contribution in [0.15, 0.2) is 66.9 Å². The summed E-state index contributed by atoms with van der Waals surface area (Å²) in [6, 6.07) is 21.0. The smallest absolute Gasteiger partial charge is 0.136 e. The number of pyridine rings is 1. The topological polar surface area (TPSA) is 16.1 Å². The van der Waals surface area contributed by atoms with Crippen molar-refractivity contribution in [2.24, 2.45) is 0 Å². The van der Waals surface area contributed by atoms with Gasteiger partial charge in [0.1, 0.15) is 5.82 Å². The van der Waals surface area contributed by atoms with Crippen LogP contribution in [-0.2, 0) is 6.54 Å². The van der Waals surface area contributed by atoms with E-state index in [1.165, 1.54) is 16.3 Å². The molecular formula is C18H17BrN2. The second-order valence-corrected chi connectivity index (χ2v) is 5.74. The largest absolute Gasteiger partial charge is 0.351 e. The first-order valence-electron chi connectivity index (χ1n) is 7.07. The van der Waals surface area contributed by atoms with Crippen molar-refractivity contribution in [3.05, 3.63) is 72.4 Å². The van der Waals surface area contributed by atoms with Crippen LogP contribution in [0.2, 0.25) is 0 Å². The average molecular weight is 341 g/mol. The molecule has 0 aliphatic rings. The molecule has 0 fully saturated rings. The quantitative estimate of drug-likeness (QED) is 0.629. The van der Waals surface area contributed by atoms with E-state index in [0.29, 0.717) is 0 Å². The minimum atomic E-state index is 0.868. The first-order valence-corrected chi connectivity index (χ1v) is 8.19. The van der Waals surface area contributed by atoms with Gasteiger partial charge in [0.05, 0.1) is 0 Å². The number of benzene rings is 2. The minimum absolute atomic E-state index is 0.868. The van der Waals surface area contributed by atoms with Crippen LogP contribution in [0.4, 0.5) is 5.82 Å². The fraction of sp³-hybridized carbons (Fsp3) is 0.167. The molecule has 0 saturated heterocycles. The molecule has 0 bridgehead atoms. The van der Waals surface area contributed by atoms with Crippen molar-refractivity contribution in [2.75, 3.05) is 16.8 Å². The van der Waals surface area contributed by atoms with Crippen molar-refractivity contribution >= 4 is 32.5 Å². The van der Waals surface area contributed by atoms with Crippen molar-refractivity contribution < 1.29 is 0 Å². The van der Waals surface area contributed by atoms with E-state index < -0.39 is 0 Å². The lowest BCUT2D eigenvalue weighted by atomic mass is 10.1. The third-order valence-corrected chi connectivity index (χ3v) is 3.88. The molecule has 21 heavy (non-hydrogen) atoms. The number of fused-ring (bicyclic) bond motifs is 1. The van der Waals surface area contributed by atoms with Crippen LogP contribution in [0.25, 0.3) is 10.8 Å². The molecule has 0 radical (unpaired) electrons. The zero-order valence-corrected chi connectivity index (χ0v) is 13.3. The van der Waals surface area contributed by atoms with E-state index in [0.717, 1.165) is 24.2 Å². The summed E-state index contributed by atoms with van der Waals surface area (Å²) < 4.78 is 0. The molecule has 1 heterocycles. The third kappa shape index (κ3) is 3.24. The van der Waals surface area contributed by atoms with Crippen LogP contribution in [0.1, 0.15) is 5.56 Å². The second kappa shape index (κ2) is 6.72. The highest BCUT2D eigenvalue weighted by molar-refractivity contribution is 9.09. The summed E-state index contributed by atoms with van der Waals surface area (Å²) in [5, 5.41) is 3.36. The maximum Gasteiger partial charge on any atom is 0.136 e. The summed E-state index contributed by atoms with van der Waals surface area (Å²) in [5.41, 5.74) is 1.30. The molecule has 3 rings (SSSR count). The van der Waals surface area contributed by atoms with E-state index in [-0.39, 0.29) is 0 Å². The second-order valence-electron chi connectivity index (χ2n) is 4.95. The Bertz CT molecular complexity index is 707. The molecule has 0 aliphatic carbocycles. The lowest BCUT2D eigenvalue weighted by Crippen LogP contribution is -2.25. The number of aromatic nitrogens is 1. The Balaban J connectivity index is 1.99. The summed E-state index contributed by atoms with van der Waals surface area (Å²) in [4.78, 5) is 6.95. The molecule has 3 heteroatoms. The lowest BCUT2D eigenvalue weighted by Gasteiger charge is -2.24. The molecule has 0 unspecified atom stereocenters. The van der Waals surface area contributed by atoms with E-state index in [1.807, 2.05) is 6.20 Å². The number of hydrogen-bond acceptors (Lipinski definition) is 2. The van der Waals surface area contributed by atoms with E-state index in [1.54, 1.807) is 0 Å². The molecule has 2 nitrogen and oxygen atoms in total. The van der Waals surface area contributed by atoms with Gasteiger partial charge in [-0.3, -0.25) is 0 Å². The highest BCUT2D eigenvalue weighted by Crippen LogP contribution is 2.25. The molecule has 3 aromatic rings. The summed E-state index contributed by atoms with van der Waals surface area (Å²) in [6.45, 7) is 1.79. The SMILES string of the molecule is BrCCN(Cc1ccccc1)c1nccc2ccccc12. The molecule has 0 atom stereocenters. The van der Waals surface area contributed by atoms with Gasteiger partial charge in [-0.1, -0.05) is 70.5 Å². The van der Waals surface area contributed by atoms with Crippen molar-refractivity contribution in [1.29, 1.82) is 0 Å². The maximum atomic E-state index is 4.63. The Morgan fingerprint density at radius 2 is 1.67 bits per heavy atom. The first-order chi connectivity index (χ1) is 10.4. The molecule has 0 spiro atoms. The maximum absolute atomic E-state index is 4.63. The molecule has 106 valence electrons. The summed E-state index contributed by atoms with van der Waals surface area (Å²) in [5.74, 6) is 1.05. The Kier molecular flexibility index (Phi) is 4.51. The standard InChI is InChI=1S/C18H17BrN2/c19-11-13-21(14-15-6-2-1-3-7-15)18-17-9-5-4-8-16(17)10-12-20-18/h1-10,12H,11,13-14H2. The summed E-state index contributed by atoms with van der Waals surface area (Å²) in [7, 11) is 0. The van der Waals surface area contributed by atoms with E-state index >= 15 is 0 Å². The van der Waals surface area contributed by atoms with Gasteiger partial charge in [0, 0.05) is 30.0 Å². The number of rotatable bonds is 5. The van der Waals surface area contributed by atoms with Crippen molar-refractivity contribution in [3.63, 3.8) is 0 Å².